The molecule has 142 valence electrons. The molecule has 0 aliphatic rings. The maximum absolute atomic E-state index is 12.5. The Hall–Kier alpha value is -1.47. The molecular weight excluding hydrogens is 336 g/mol. The molecule has 0 bridgehead atoms. The number of hydrogen-bond acceptors (Lipinski definition) is 5. The first kappa shape index (κ1) is 21.6. The van der Waals surface area contributed by atoms with Gasteiger partial charge in [0.25, 0.3) is 0 Å². The van der Waals surface area contributed by atoms with Crippen molar-refractivity contribution in [3.63, 3.8) is 0 Å². The molecule has 25 heavy (non-hydrogen) atoms. The van der Waals surface area contributed by atoms with E-state index in [-0.39, 0.29) is 18.4 Å². The van der Waals surface area contributed by atoms with Gasteiger partial charge in [-0.25, -0.2) is 4.98 Å². The first-order valence-corrected chi connectivity index (χ1v) is 9.94. The van der Waals surface area contributed by atoms with E-state index in [1.54, 1.807) is 4.90 Å². The highest BCUT2D eigenvalue weighted by molar-refractivity contribution is 7.13. The molecule has 2 amide bonds. The fraction of sp³-hybridized carbons (Fsp3) is 0.722. The van der Waals surface area contributed by atoms with Crippen molar-refractivity contribution in [3.05, 3.63) is 11.1 Å². The van der Waals surface area contributed by atoms with Crippen molar-refractivity contribution in [2.75, 3.05) is 39.0 Å². The third kappa shape index (κ3) is 9.55. The fourth-order valence-corrected chi connectivity index (χ4v) is 3.10. The molecule has 1 rings (SSSR count). The van der Waals surface area contributed by atoms with E-state index in [1.807, 2.05) is 31.3 Å². The van der Waals surface area contributed by atoms with E-state index in [0.717, 1.165) is 25.1 Å². The highest BCUT2D eigenvalue weighted by Crippen LogP contribution is 2.14. The minimum Gasteiger partial charge on any atom is -0.332 e. The van der Waals surface area contributed by atoms with Crippen LogP contribution in [0.2, 0.25) is 0 Å². The number of nitrogens with zero attached hydrogens (tertiary/aromatic N) is 3. The molecule has 1 heterocycles. The molecule has 1 aromatic heterocycles. The molecule has 6 nitrogen and oxygen atoms in total. The second-order valence-electron chi connectivity index (χ2n) is 6.62. The third-order valence-corrected chi connectivity index (χ3v) is 4.74. The van der Waals surface area contributed by atoms with Crippen LogP contribution in [0.3, 0.4) is 0 Å². The summed E-state index contributed by atoms with van der Waals surface area (Å²) in [5.41, 5.74) is 0.882. The van der Waals surface area contributed by atoms with Gasteiger partial charge in [0, 0.05) is 24.9 Å². The van der Waals surface area contributed by atoms with Crippen molar-refractivity contribution in [3.8, 4) is 0 Å². The van der Waals surface area contributed by atoms with E-state index in [0.29, 0.717) is 18.1 Å². The highest BCUT2D eigenvalue weighted by Gasteiger charge is 2.17. The average Bonchev–Trinajstić information content (AvgIpc) is 2.95. The van der Waals surface area contributed by atoms with Gasteiger partial charge < -0.3 is 15.1 Å². The molecule has 0 saturated carbocycles. The second kappa shape index (κ2) is 12.0. The average molecular weight is 369 g/mol. The van der Waals surface area contributed by atoms with E-state index in [4.69, 9.17) is 0 Å². The number of likely N-dealkylation sites (N-methyl/N-ethyl adjacent to an activating group) is 1. The van der Waals surface area contributed by atoms with E-state index < -0.39 is 0 Å². The van der Waals surface area contributed by atoms with Crippen molar-refractivity contribution < 1.29 is 9.59 Å². The summed E-state index contributed by atoms with van der Waals surface area (Å²) in [5.74, 6) is -0.128. The van der Waals surface area contributed by atoms with Gasteiger partial charge in [0.05, 0.1) is 12.2 Å². The Balaban J connectivity index is 2.49. The fourth-order valence-electron chi connectivity index (χ4n) is 2.39. The summed E-state index contributed by atoms with van der Waals surface area (Å²) in [5, 5.41) is 5.26. The zero-order valence-electron chi connectivity index (χ0n) is 16.0. The number of rotatable bonds is 12. The number of hydrogen-bond donors (Lipinski definition) is 1. The maximum atomic E-state index is 12.5. The Morgan fingerprint density at radius 1 is 1.16 bits per heavy atom. The minimum absolute atomic E-state index is 0.0591. The predicted octanol–water partition coefficient (Wildman–Crippen LogP) is 3.14. The van der Waals surface area contributed by atoms with E-state index in [2.05, 4.69) is 17.2 Å². The van der Waals surface area contributed by atoms with Crippen LogP contribution >= 0.6 is 11.3 Å². The monoisotopic (exact) mass is 368 g/mol. The molecule has 1 aromatic rings. The molecule has 0 unspecified atom stereocenters. The normalized spacial score (nSPS) is 10.9. The molecule has 0 saturated heterocycles. The number of aromatic nitrogens is 1. The van der Waals surface area contributed by atoms with Crippen molar-refractivity contribution in [1.82, 2.24) is 14.8 Å². The van der Waals surface area contributed by atoms with Crippen LogP contribution in [0.5, 0.6) is 0 Å². The Kier molecular flexibility index (Phi) is 10.3. The summed E-state index contributed by atoms with van der Waals surface area (Å²) in [4.78, 5) is 32.6. The third-order valence-electron chi connectivity index (χ3n) is 3.86. The zero-order chi connectivity index (χ0) is 18.7. The van der Waals surface area contributed by atoms with Crippen LogP contribution in [0, 0.1) is 6.92 Å². The molecule has 0 radical (unpaired) electrons. The van der Waals surface area contributed by atoms with Gasteiger partial charge in [-0.2, -0.15) is 0 Å². The summed E-state index contributed by atoms with van der Waals surface area (Å²) >= 11 is 1.40. The quantitative estimate of drug-likeness (QED) is 0.576. The van der Waals surface area contributed by atoms with Crippen molar-refractivity contribution in [1.29, 1.82) is 0 Å². The van der Waals surface area contributed by atoms with Gasteiger partial charge >= 0.3 is 0 Å². The van der Waals surface area contributed by atoms with Gasteiger partial charge in [0.2, 0.25) is 11.8 Å². The lowest BCUT2D eigenvalue weighted by molar-refractivity contribution is -0.135. The van der Waals surface area contributed by atoms with Crippen LogP contribution in [-0.4, -0.2) is 60.3 Å². The van der Waals surface area contributed by atoms with E-state index >= 15 is 0 Å². The van der Waals surface area contributed by atoms with Crippen LogP contribution in [-0.2, 0) is 9.59 Å². The van der Waals surface area contributed by atoms with Gasteiger partial charge in [0.1, 0.15) is 0 Å². The zero-order valence-corrected chi connectivity index (χ0v) is 16.8. The lowest BCUT2D eigenvalue weighted by Gasteiger charge is -2.24. The topological polar surface area (TPSA) is 65.5 Å². The maximum Gasteiger partial charge on any atom is 0.245 e. The largest absolute Gasteiger partial charge is 0.332 e. The molecule has 7 heteroatoms. The summed E-state index contributed by atoms with van der Waals surface area (Å²) in [6, 6.07) is 0. The molecule has 1 N–H and O–H groups in total. The minimum atomic E-state index is -0.188. The second-order valence-corrected chi connectivity index (χ2v) is 7.48. The standard InChI is InChI=1S/C18H32N4O2S/c1-5-6-7-8-9-10-17(24)22(12-11-21(3)4)13-16(23)20-18-19-15(2)14-25-18/h14H,5-13H2,1-4H3,(H,19,20,23). The molecular formula is C18H32N4O2S. The number of carbonyl (C=O) groups excluding carboxylic acids is 2. The van der Waals surface area contributed by atoms with E-state index in [1.165, 1.54) is 30.6 Å². The highest BCUT2D eigenvalue weighted by atomic mass is 32.1. The van der Waals surface area contributed by atoms with Gasteiger partial charge in [-0.15, -0.1) is 11.3 Å². The van der Waals surface area contributed by atoms with Crippen molar-refractivity contribution in [2.45, 2.75) is 52.4 Å². The Morgan fingerprint density at radius 3 is 2.48 bits per heavy atom. The van der Waals surface area contributed by atoms with Crippen LogP contribution < -0.4 is 5.32 Å². The molecule has 0 aliphatic carbocycles. The van der Waals surface area contributed by atoms with Crippen LogP contribution in [0.1, 0.15) is 51.1 Å². The molecule has 0 atom stereocenters. The van der Waals surface area contributed by atoms with Crippen LogP contribution in [0.4, 0.5) is 5.13 Å². The Bertz CT molecular complexity index is 531. The van der Waals surface area contributed by atoms with Gasteiger partial charge in [-0.1, -0.05) is 32.6 Å². The van der Waals surface area contributed by atoms with Crippen LogP contribution in [0.25, 0.3) is 0 Å². The molecule has 0 aliphatic heterocycles. The first-order valence-electron chi connectivity index (χ1n) is 9.06. The number of thiazole rings is 1. The van der Waals surface area contributed by atoms with Crippen molar-refractivity contribution in [2.24, 2.45) is 0 Å². The van der Waals surface area contributed by atoms with Gasteiger partial charge in [0.15, 0.2) is 5.13 Å². The van der Waals surface area contributed by atoms with Crippen LogP contribution in [0.15, 0.2) is 5.38 Å². The molecule has 0 spiro atoms. The lowest BCUT2D eigenvalue weighted by Crippen LogP contribution is -2.41. The number of carbonyl (C=O) groups is 2. The number of amides is 2. The number of anilines is 1. The summed E-state index contributed by atoms with van der Waals surface area (Å²) in [6.07, 6.45) is 6.07. The number of unbranched alkanes of at least 4 members (excludes halogenated alkanes) is 4. The Labute approximate surface area is 155 Å². The Morgan fingerprint density at radius 2 is 1.88 bits per heavy atom. The first-order chi connectivity index (χ1) is 11.9. The number of aryl methyl sites for hydroxylation is 1. The summed E-state index contributed by atoms with van der Waals surface area (Å²) in [6.45, 7) is 5.45. The number of nitrogens with one attached hydrogen (secondary N) is 1. The smallest absolute Gasteiger partial charge is 0.245 e. The van der Waals surface area contributed by atoms with E-state index in [9.17, 15) is 9.59 Å². The van der Waals surface area contributed by atoms with Gasteiger partial charge in [-0.3, -0.25) is 9.59 Å². The molecule has 0 fully saturated rings. The lowest BCUT2D eigenvalue weighted by atomic mass is 10.1. The molecule has 0 aromatic carbocycles. The summed E-state index contributed by atoms with van der Waals surface area (Å²) in [7, 11) is 3.93. The van der Waals surface area contributed by atoms with Crippen molar-refractivity contribution >= 4 is 28.3 Å². The van der Waals surface area contributed by atoms with Gasteiger partial charge in [-0.05, 0) is 27.4 Å². The SMILES string of the molecule is CCCCCCCC(=O)N(CCN(C)C)CC(=O)Nc1nc(C)cs1. The predicted molar refractivity (Wildman–Crippen MR) is 104 cm³/mol. The summed E-state index contributed by atoms with van der Waals surface area (Å²) < 4.78 is 0.